The fourth-order valence-electron chi connectivity index (χ4n) is 1.95. The number of Topliss-reactive ketones (excluding diaryl/α,β-unsaturated/α-hetero) is 1. The molecule has 0 saturated carbocycles. The number of benzene rings is 1. The Balaban J connectivity index is 2.20. The number of rotatable bonds is 5. The highest BCUT2D eigenvalue weighted by atomic mass is 35.5. The van der Waals surface area contributed by atoms with Crippen molar-refractivity contribution in [3.05, 3.63) is 41.6 Å². The molecule has 0 saturated heterocycles. The molecule has 0 aliphatic carbocycles. The molecule has 0 unspecified atom stereocenters. The van der Waals surface area contributed by atoms with Gasteiger partial charge in [0, 0.05) is 31.0 Å². The van der Waals surface area contributed by atoms with E-state index in [1.165, 1.54) is 0 Å². The number of ether oxygens (including phenoxy) is 1. The van der Waals surface area contributed by atoms with Gasteiger partial charge in [-0.3, -0.25) is 4.79 Å². The van der Waals surface area contributed by atoms with Crippen LogP contribution in [0, 0.1) is 0 Å². The lowest BCUT2D eigenvalue weighted by Gasteiger charge is -2.23. The minimum absolute atomic E-state index is 0.0102. The van der Waals surface area contributed by atoms with Gasteiger partial charge in [-0.15, -0.1) is 23.2 Å². The Hall–Kier alpha value is -1.19. The number of fused-ring (bicyclic) bond motifs is 1. The van der Waals surface area contributed by atoms with E-state index in [-0.39, 0.29) is 12.4 Å². The van der Waals surface area contributed by atoms with Gasteiger partial charge in [0.05, 0.1) is 11.1 Å². The third kappa shape index (κ3) is 3.43. The normalized spacial score (nSPS) is 16.1. The fraction of sp³-hybridized carbons (Fsp3) is 0.357. The Morgan fingerprint density at radius 3 is 2.58 bits per heavy atom. The van der Waals surface area contributed by atoms with E-state index in [1.807, 2.05) is 23.2 Å². The van der Waals surface area contributed by atoms with Crippen molar-refractivity contribution in [2.75, 3.05) is 31.5 Å². The Morgan fingerprint density at radius 2 is 1.89 bits per heavy atom. The number of carbonyl (C=O) groups is 1. The van der Waals surface area contributed by atoms with Crippen LogP contribution in [0.5, 0.6) is 5.75 Å². The van der Waals surface area contributed by atoms with Crippen LogP contribution < -0.4 is 4.74 Å². The lowest BCUT2D eigenvalue weighted by molar-refractivity contribution is 0.0996. The van der Waals surface area contributed by atoms with E-state index in [2.05, 4.69) is 0 Å². The third-order valence-corrected chi connectivity index (χ3v) is 3.23. The summed E-state index contributed by atoms with van der Waals surface area (Å²) in [4.78, 5) is 14.3. The molecule has 5 heteroatoms. The number of hydrogen-bond acceptors (Lipinski definition) is 3. The largest absolute Gasteiger partial charge is 0.488 e. The van der Waals surface area contributed by atoms with Crippen molar-refractivity contribution in [3.8, 4) is 5.75 Å². The zero-order chi connectivity index (χ0) is 13.7. The molecule has 0 atom stereocenters. The van der Waals surface area contributed by atoms with Gasteiger partial charge in [-0.1, -0.05) is 12.1 Å². The first-order valence-electron chi connectivity index (χ1n) is 6.09. The van der Waals surface area contributed by atoms with Gasteiger partial charge in [0.25, 0.3) is 0 Å². The summed E-state index contributed by atoms with van der Waals surface area (Å²) in [5.74, 6) is 1.64. The van der Waals surface area contributed by atoms with Crippen molar-refractivity contribution < 1.29 is 9.53 Å². The number of para-hydroxylation sites is 1. The van der Waals surface area contributed by atoms with Crippen molar-refractivity contribution >= 4 is 29.0 Å². The first kappa shape index (κ1) is 14.2. The molecule has 2 rings (SSSR count). The second-order valence-corrected chi connectivity index (χ2v) is 4.94. The van der Waals surface area contributed by atoms with Crippen LogP contribution in [-0.2, 0) is 0 Å². The number of halogens is 2. The highest BCUT2D eigenvalue weighted by Crippen LogP contribution is 2.26. The number of nitrogens with zero attached hydrogens (tertiary/aromatic N) is 1. The van der Waals surface area contributed by atoms with Crippen LogP contribution in [0.1, 0.15) is 10.4 Å². The van der Waals surface area contributed by atoms with Gasteiger partial charge in [0.2, 0.25) is 0 Å². The van der Waals surface area contributed by atoms with Gasteiger partial charge >= 0.3 is 0 Å². The van der Waals surface area contributed by atoms with Crippen LogP contribution in [0.4, 0.5) is 0 Å². The van der Waals surface area contributed by atoms with Gasteiger partial charge in [-0.2, -0.15) is 0 Å². The van der Waals surface area contributed by atoms with Crippen LogP contribution in [0.25, 0.3) is 0 Å². The van der Waals surface area contributed by atoms with Crippen LogP contribution in [0.3, 0.4) is 0 Å². The Kier molecular flexibility index (Phi) is 5.11. The second-order valence-electron chi connectivity index (χ2n) is 4.18. The Labute approximate surface area is 122 Å². The third-order valence-electron chi connectivity index (χ3n) is 2.89. The van der Waals surface area contributed by atoms with Gasteiger partial charge in [-0.25, -0.2) is 0 Å². The maximum atomic E-state index is 12.3. The molecular weight excluding hydrogens is 285 g/mol. The van der Waals surface area contributed by atoms with Gasteiger partial charge in [-0.05, 0) is 12.1 Å². The number of alkyl halides is 2. The highest BCUT2D eigenvalue weighted by Gasteiger charge is 2.23. The Bertz CT molecular complexity index is 482. The summed E-state index contributed by atoms with van der Waals surface area (Å²) in [7, 11) is 0. The molecule has 1 aliphatic rings. The quantitative estimate of drug-likeness (QED) is 0.618. The van der Waals surface area contributed by atoms with Crippen LogP contribution in [0.2, 0.25) is 0 Å². The predicted octanol–water partition coefficient (Wildman–Crippen LogP) is 2.93. The van der Waals surface area contributed by atoms with Gasteiger partial charge in [0.1, 0.15) is 12.4 Å². The van der Waals surface area contributed by atoms with Crippen molar-refractivity contribution in [2.45, 2.75) is 0 Å². The SMILES string of the molecule is O=C1/C(=C/N(CCCl)CCCl)COc2ccccc21. The number of hydrogen-bond donors (Lipinski definition) is 0. The summed E-state index contributed by atoms with van der Waals surface area (Å²) in [6, 6.07) is 7.27. The molecule has 0 N–H and O–H groups in total. The van der Waals surface area contributed by atoms with Gasteiger partial charge in [0.15, 0.2) is 5.78 Å². The maximum Gasteiger partial charge on any atom is 0.197 e. The number of carbonyl (C=O) groups excluding carboxylic acids is 1. The minimum Gasteiger partial charge on any atom is -0.488 e. The zero-order valence-corrected chi connectivity index (χ0v) is 12.0. The molecule has 1 aromatic rings. The monoisotopic (exact) mass is 299 g/mol. The summed E-state index contributed by atoms with van der Waals surface area (Å²) in [6.07, 6.45) is 1.81. The maximum absolute atomic E-state index is 12.3. The lowest BCUT2D eigenvalue weighted by Crippen LogP contribution is -2.27. The molecule has 0 aromatic heterocycles. The summed E-state index contributed by atoms with van der Waals surface area (Å²) >= 11 is 11.5. The van der Waals surface area contributed by atoms with E-state index in [0.717, 1.165) is 0 Å². The lowest BCUT2D eigenvalue weighted by atomic mass is 10.0. The number of ketones is 1. The van der Waals surface area contributed by atoms with Crippen LogP contribution in [0.15, 0.2) is 36.0 Å². The van der Waals surface area contributed by atoms with Crippen molar-refractivity contribution in [3.63, 3.8) is 0 Å². The summed E-state index contributed by atoms with van der Waals surface area (Å²) in [6.45, 7) is 1.61. The standard InChI is InChI=1S/C14H15Cl2NO2/c15-5-7-17(8-6-16)9-11-10-19-13-4-2-1-3-12(13)14(11)18/h1-4,9H,5-8,10H2/b11-9+. The molecule has 0 radical (unpaired) electrons. The molecule has 1 heterocycles. The van der Waals surface area contributed by atoms with Crippen molar-refractivity contribution in [1.82, 2.24) is 4.90 Å². The first-order chi connectivity index (χ1) is 9.26. The summed E-state index contributed by atoms with van der Waals surface area (Å²) < 4.78 is 5.58. The second kappa shape index (κ2) is 6.83. The molecule has 1 aromatic carbocycles. The Morgan fingerprint density at radius 1 is 1.21 bits per heavy atom. The average molecular weight is 300 g/mol. The van der Waals surface area contributed by atoms with E-state index < -0.39 is 0 Å². The van der Waals surface area contributed by atoms with Crippen molar-refractivity contribution in [1.29, 1.82) is 0 Å². The molecule has 3 nitrogen and oxygen atoms in total. The van der Waals surface area contributed by atoms with E-state index in [4.69, 9.17) is 27.9 Å². The average Bonchev–Trinajstić information content (AvgIpc) is 2.43. The van der Waals surface area contributed by atoms with E-state index in [9.17, 15) is 4.79 Å². The molecule has 19 heavy (non-hydrogen) atoms. The topological polar surface area (TPSA) is 29.5 Å². The van der Waals surface area contributed by atoms with E-state index >= 15 is 0 Å². The molecule has 102 valence electrons. The highest BCUT2D eigenvalue weighted by molar-refractivity contribution is 6.18. The zero-order valence-electron chi connectivity index (χ0n) is 10.4. The van der Waals surface area contributed by atoms with Crippen molar-refractivity contribution in [2.24, 2.45) is 0 Å². The molecule has 0 spiro atoms. The van der Waals surface area contributed by atoms with Gasteiger partial charge < -0.3 is 9.64 Å². The van der Waals surface area contributed by atoms with E-state index in [1.54, 1.807) is 12.1 Å². The first-order valence-corrected chi connectivity index (χ1v) is 7.16. The summed E-state index contributed by atoms with van der Waals surface area (Å²) in [5.41, 5.74) is 1.24. The molecule has 0 fully saturated rings. The van der Waals surface area contributed by atoms with Crippen LogP contribution in [-0.4, -0.2) is 42.1 Å². The molecule has 0 amide bonds. The molecule has 0 bridgehead atoms. The molecular formula is C14H15Cl2NO2. The van der Waals surface area contributed by atoms with E-state index in [0.29, 0.717) is 41.7 Å². The molecule has 1 aliphatic heterocycles. The van der Waals surface area contributed by atoms with Crippen LogP contribution >= 0.6 is 23.2 Å². The summed E-state index contributed by atoms with van der Waals surface area (Å²) in [5, 5.41) is 0. The minimum atomic E-state index is 0.0102. The smallest absolute Gasteiger partial charge is 0.197 e. The predicted molar refractivity (Wildman–Crippen MR) is 77.4 cm³/mol. The fourth-order valence-corrected chi connectivity index (χ4v) is 2.38.